The lowest BCUT2D eigenvalue weighted by Gasteiger charge is -2.13. The number of amides is 2. The van der Waals surface area contributed by atoms with Crippen molar-refractivity contribution in [3.63, 3.8) is 0 Å². The van der Waals surface area contributed by atoms with Gasteiger partial charge in [-0.05, 0) is 36.4 Å². The summed E-state index contributed by atoms with van der Waals surface area (Å²) in [5.41, 5.74) is 6.85. The van der Waals surface area contributed by atoms with E-state index in [-0.39, 0.29) is 33.6 Å². The maximum absolute atomic E-state index is 14.6. The number of nitrogens with one attached hydrogen (secondary N) is 1. The molecule has 2 aromatic carbocycles. The zero-order valence-corrected chi connectivity index (χ0v) is 19.5. The minimum atomic E-state index is -0.601. The lowest BCUT2D eigenvalue weighted by atomic mass is 10.1. The second-order valence-corrected chi connectivity index (χ2v) is 8.07. The number of likely N-dealkylation sites (N-methyl/N-ethyl adjacent to an activating group) is 1. The van der Waals surface area contributed by atoms with Crippen LogP contribution in [0.25, 0.3) is 16.9 Å². The van der Waals surface area contributed by atoms with Crippen LogP contribution in [0.15, 0.2) is 72.9 Å². The number of halogens is 2. The van der Waals surface area contributed by atoms with Crippen molar-refractivity contribution in [3.8, 4) is 16.9 Å². The van der Waals surface area contributed by atoms with Gasteiger partial charge >= 0.3 is 0 Å². The molecule has 8 nitrogen and oxygen atoms in total. The summed E-state index contributed by atoms with van der Waals surface area (Å²) in [5, 5.41) is 7.08. The van der Waals surface area contributed by atoms with Crippen LogP contribution in [0.3, 0.4) is 0 Å². The van der Waals surface area contributed by atoms with Gasteiger partial charge in [-0.25, -0.2) is 9.07 Å². The summed E-state index contributed by atoms with van der Waals surface area (Å²) in [6, 6.07) is 18.0. The molecule has 4 rings (SSSR count). The summed E-state index contributed by atoms with van der Waals surface area (Å²) in [5.74, 6) is -1.31. The average Bonchev–Trinajstić information content (AvgIpc) is 3.28. The minimum absolute atomic E-state index is 0.0441. The molecule has 0 bridgehead atoms. The summed E-state index contributed by atoms with van der Waals surface area (Å²) in [6.07, 6.45) is 1.53. The van der Waals surface area contributed by atoms with E-state index in [1.807, 2.05) is 6.07 Å². The Morgan fingerprint density at radius 2 is 1.86 bits per heavy atom. The third kappa shape index (κ3) is 5.21. The number of benzene rings is 2. The number of carbonyl (C=O) groups excluding carboxylic acids is 2. The molecule has 0 radical (unpaired) electrons. The van der Waals surface area contributed by atoms with E-state index in [2.05, 4.69) is 15.4 Å². The number of rotatable bonds is 7. The molecular weight excluding hydrogens is 471 g/mol. The molecule has 2 heterocycles. The van der Waals surface area contributed by atoms with Crippen LogP contribution in [0.4, 0.5) is 10.2 Å². The van der Waals surface area contributed by atoms with Gasteiger partial charge in [0.2, 0.25) is 0 Å². The topological polar surface area (TPSA) is 106 Å². The first-order chi connectivity index (χ1) is 16.9. The number of carbonyl (C=O) groups is 2. The molecule has 0 atom stereocenters. The normalized spacial score (nSPS) is 10.7. The fraction of sp³-hybridized carbons (Fsp3) is 0.120. The molecule has 3 N–H and O–H groups in total. The minimum Gasteiger partial charge on any atom is -0.339 e. The van der Waals surface area contributed by atoms with Gasteiger partial charge in [-0.3, -0.25) is 14.6 Å². The number of hydrogen-bond donors (Lipinski definition) is 2. The van der Waals surface area contributed by atoms with Crippen molar-refractivity contribution in [3.05, 3.63) is 95.0 Å². The Kier molecular flexibility index (Phi) is 7.19. The van der Waals surface area contributed by atoms with Crippen molar-refractivity contribution < 1.29 is 14.0 Å². The molecule has 0 aliphatic rings. The maximum atomic E-state index is 14.6. The average molecular weight is 493 g/mol. The van der Waals surface area contributed by atoms with E-state index < -0.39 is 11.7 Å². The second-order valence-electron chi connectivity index (χ2n) is 7.66. The highest BCUT2D eigenvalue weighted by Gasteiger charge is 2.22. The van der Waals surface area contributed by atoms with E-state index in [1.165, 1.54) is 27.9 Å². The number of nitrogens with two attached hydrogens (primary N) is 1. The molecule has 0 saturated carbocycles. The van der Waals surface area contributed by atoms with Crippen LogP contribution in [-0.2, 0) is 0 Å². The smallest absolute Gasteiger partial charge is 0.274 e. The predicted molar refractivity (Wildman–Crippen MR) is 132 cm³/mol. The van der Waals surface area contributed by atoms with Crippen molar-refractivity contribution >= 4 is 29.2 Å². The van der Waals surface area contributed by atoms with Gasteiger partial charge in [0.15, 0.2) is 5.69 Å². The van der Waals surface area contributed by atoms with Crippen molar-refractivity contribution in [1.29, 1.82) is 0 Å². The first kappa shape index (κ1) is 24.1. The SMILES string of the molecule is CN(CCN)C(=O)c1cc(NC(=O)c2cc(-c3ccccn3)c(F)cc2Cl)n(-c2ccccc2)n1. The molecule has 0 fully saturated rings. The highest BCUT2D eigenvalue weighted by molar-refractivity contribution is 6.34. The first-order valence-corrected chi connectivity index (χ1v) is 11.1. The zero-order valence-electron chi connectivity index (χ0n) is 18.8. The Labute approximate surface area is 206 Å². The van der Waals surface area contributed by atoms with Crippen LogP contribution in [0, 0.1) is 5.82 Å². The third-order valence-electron chi connectivity index (χ3n) is 5.22. The lowest BCUT2D eigenvalue weighted by molar-refractivity contribution is 0.0792. The summed E-state index contributed by atoms with van der Waals surface area (Å²) < 4.78 is 16.0. The van der Waals surface area contributed by atoms with Gasteiger partial charge in [0.05, 0.1) is 22.0 Å². The van der Waals surface area contributed by atoms with Crippen LogP contribution in [0.1, 0.15) is 20.8 Å². The molecule has 0 aliphatic carbocycles. The molecule has 4 aromatic rings. The fourth-order valence-electron chi connectivity index (χ4n) is 3.46. The van der Waals surface area contributed by atoms with E-state index in [1.54, 1.807) is 49.5 Å². The highest BCUT2D eigenvalue weighted by Crippen LogP contribution is 2.28. The number of anilines is 1. The summed E-state index contributed by atoms with van der Waals surface area (Å²) >= 11 is 6.22. The van der Waals surface area contributed by atoms with E-state index in [0.29, 0.717) is 24.5 Å². The molecule has 2 aromatic heterocycles. The van der Waals surface area contributed by atoms with Crippen LogP contribution in [0.5, 0.6) is 0 Å². The van der Waals surface area contributed by atoms with Gasteiger partial charge in [0, 0.05) is 38.0 Å². The molecule has 178 valence electrons. The van der Waals surface area contributed by atoms with E-state index in [9.17, 15) is 14.0 Å². The summed E-state index contributed by atoms with van der Waals surface area (Å²) in [6.45, 7) is 0.646. The molecular formula is C25H22ClFN6O2. The van der Waals surface area contributed by atoms with E-state index >= 15 is 0 Å². The standard InChI is InChI=1S/C25H22ClFN6O2/c1-32(12-10-28)25(35)22-15-23(33(31-22)16-7-3-2-4-8-16)30-24(34)17-13-18(20(27)14-19(17)26)21-9-5-6-11-29-21/h2-9,11,13-15H,10,12,28H2,1H3,(H,30,34). The predicted octanol–water partition coefficient (Wildman–Crippen LogP) is 4.01. The van der Waals surface area contributed by atoms with Crippen molar-refractivity contribution in [2.45, 2.75) is 0 Å². The Morgan fingerprint density at radius 3 is 2.54 bits per heavy atom. The van der Waals surface area contributed by atoms with Gasteiger partial charge in [-0.1, -0.05) is 35.9 Å². The third-order valence-corrected chi connectivity index (χ3v) is 5.54. The lowest BCUT2D eigenvalue weighted by Crippen LogP contribution is -2.32. The van der Waals surface area contributed by atoms with E-state index in [4.69, 9.17) is 17.3 Å². The van der Waals surface area contributed by atoms with Crippen molar-refractivity contribution in [2.24, 2.45) is 5.73 Å². The zero-order chi connectivity index (χ0) is 24.9. The molecule has 2 amide bonds. The van der Waals surface area contributed by atoms with Gasteiger partial charge in [0.1, 0.15) is 11.6 Å². The van der Waals surface area contributed by atoms with E-state index in [0.717, 1.165) is 6.07 Å². The number of para-hydroxylation sites is 1. The van der Waals surface area contributed by atoms with Crippen molar-refractivity contribution in [1.82, 2.24) is 19.7 Å². The quantitative estimate of drug-likeness (QED) is 0.405. The van der Waals surface area contributed by atoms with Crippen LogP contribution >= 0.6 is 11.6 Å². The molecule has 0 saturated heterocycles. The number of aromatic nitrogens is 3. The fourth-order valence-corrected chi connectivity index (χ4v) is 3.69. The summed E-state index contributed by atoms with van der Waals surface area (Å²) in [7, 11) is 1.62. The Bertz CT molecular complexity index is 1360. The van der Waals surface area contributed by atoms with Crippen LogP contribution in [0.2, 0.25) is 5.02 Å². The largest absolute Gasteiger partial charge is 0.339 e. The summed E-state index contributed by atoms with van der Waals surface area (Å²) in [4.78, 5) is 31.6. The van der Waals surface area contributed by atoms with Crippen LogP contribution < -0.4 is 11.1 Å². The number of nitrogens with zero attached hydrogens (tertiary/aromatic N) is 4. The van der Waals surface area contributed by atoms with Gasteiger partial charge in [-0.15, -0.1) is 0 Å². The maximum Gasteiger partial charge on any atom is 0.274 e. The highest BCUT2D eigenvalue weighted by atomic mass is 35.5. The Morgan fingerprint density at radius 1 is 1.11 bits per heavy atom. The Hall–Kier alpha value is -4.08. The second kappa shape index (κ2) is 10.5. The van der Waals surface area contributed by atoms with Crippen LogP contribution in [-0.4, -0.2) is 51.6 Å². The molecule has 0 spiro atoms. The number of hydrogen-bond acceptors (Lipinski definition) is 5. The Balaban J connectivity index is 1.72. The molecule has 10 heteroatoms. The monoisotopic (exact) mass is 492 g/mol. The first-order valence-electron chi connectivity index (χ1n) is 10.7. The van der Waals surface area contributed by atoms with Crippen molar-refractivity contribution in [2.75, 3.05) is 25.5 Å². The number of pyridine rings is 1. The van der Waals surface area contributed by atoms with Gasteiger partial charge in [-0.2, -0.15) is 5.10 Å². The molecule has 0 unspecified atom stereocenters. The molecule has 0 aliphatic heterocycles. The molecule has 35 heavy (non-hydrogen) atoms. The van der Waals surface area contributed by atoms with Gasteiger partial charge < -0.3 is 16.0 Å². The van der Waals surface area contributed by atoms with Gasteiger partial charge in [0.25, 0.3) is 11.8 Å².